The number of unbranched alkanes of at least 4 members (excludes halogenated alkanes) is 11. The van der Waals surface area contributed by atoms with Gasteiger partial charge in [-0.2, -0.15) is 0 Å². The second kappa shape index (κ2) is 33.4. The van der Waals surface area contributed by atoms with E-state index in [1.807, 2.05) is 0 Å². The lowest BCUT2D eigenvalue weighted by Gasteiger charge is -2.41. The molecule has 0 spiro atoms. The first-order valence-electron chi connectivity index (χ1n) is 21.1. The summed E-state index contributed by atoms with van der Waals surface area (Å²) in [5.74, 6) is -1.15. The summed E-state index contributed by atoms with van der Waals surface area (Å²) >= 11 is 0. The highest BCUT2D eigenvalue weighted by atomic mass is 31.2. The molecule has 57 heavy (non-hydrogen) atoms. The lowest BCUT2D eigenvalue weighted by atomic mass is 9.85. The van der Waals surface area contributed by atoms with Crippen molar-refractivity contribution in [2.24, 2.45) is 0 Å². The molecule has 0 heterocycles. The fourth-order valence-electron chi connectivity index (χ4n) is 5.96. The molecule has 1 aliphatic rings. The number of carbonyl (C=O) groups excluding carboxylic acids is 2. The van der Waals surface area contributed by atoms with Gasteiger partial charge in [0.05, 0.1) is 6.61 Å². The zero-order valence-electron chi connectivity index (χ0n) is 34.4. The van der Waals surface area contributed by atoms with Crippen LogP contribution in [-0.2, 0) is 32.7 Å². The van der Waals surface area contributed by atoms with Gasteiger partial charge in [0.15, 0.2) is 6.10 Å². The lowest BCUT2D eigenvalue weighted by molar-refractivity contribution is -0.220. The lowest BCUT2D eigenvalue weighted by Crippen LogP contribution is -2.64. The maximum atomic E-state index is 12.8. The summed E-state index contributed by atoms with van der Waals surface area (Å²) < 4.78 is 33.3. The first-order chi connectivity index (χ1) is 27.4. The number of hydrogen-bond acceptors (Lipinski definition) is 12. The van der Waals surface area contributed by atoms with E-state index in [9.17, 15) is 44.6 Å². The van der Waals surface area contributed by atoms with E-state index in [-0.39, 0.29) is 12.8 Å². The Kier molecular flexibility index (Phi) is 30.8. The molecule has 0 aliphatic heterocycles. The van der Waals surface area contributed by atoms with Crippen LogP contribution in [0.15, 0.2) is 60.8 Å². The summed E-state index contributed by atoms with van der Waals surface area (Å²) in [5.41, 5.74) is 0. The normalized spacial score (nSPS) is 23.3. The summed E-state index contributed by atoms with van der Waals surface area (Å²) in [5, 5.41) is 50.0. The van der Waals surface area contributed by atoms with E-state index in [4.69, 9.17) is 18.5 Å². The Morgan fingerprint density at radius 3 is 1.53 bits per heavy atom. The average Bonchev–Trinajstić information content (AvgIpc) is 3.19. The third-order valence-corrected chi connectivity index (χ3v) is 10.4. The van der Waals surface area contributed by atoms with Gasteiger partial charge < -0.3 is 39.9 Å². The van der Waals surface area contributed by atoms with Gasteiger partial charge in [0.25, 0.3) is 0 Å². The number of hydrogen-bond donors (Lipinski definition) is 6. The third kappa shape index (κ3) is 26.3. The summed E-state index contributed by atoms with van der Waals surface area (Å²) in [6, 6.07) is 0. The molecular formula is C43H73O13P. The minimum absolute atomic E-state index is 0.0873. The molecular weight excluding hydrogens is 755 g/mol. The zero-order chi connectivity index (χ0) is 42.2. The van der Waals surface area contributed by atoms with Crippen LogP contribution < -0.4 is 0 Å². The van der Waals surface area contributed by atoms with Gasteiger partial charge in [0, 0.05) is 12.8 Å². The Morgan fingerprint density at radius 1 is 0.561 bits per heavy atom. The smallest absolute Gasteiger partial charge is 0.462 e. The monoisotopic (exact) mass is 828 g/mol. The number of phosphoric ester groups is 1. The number of phosphoric acid groups is 1. The molecule has 8 atom stereocenters. The summed E-state index contributed by atoms with van der Waals surface area (Å²) in [7, 11) is -5.12. The first kappa shape index (κ1) is 52.6. The molecule has 1 aliphatic carbocycles. The Labute approximate surface area is 341 Å². The van der Waals surface area contributed by atoms with Crippen molar-refractivity contribution < 1.29 is 63.1 Å². The van der Waals surface area contributed by atoms with Crippen molar-refractivity contribution in [2.45, 2.75) is 185 Å². The Morgan fingerprint density at radius 2 is 1.00 bits per heavy atom. The molecule has 6 unspecified atom stereocenters. The number of aliphatic hydroxyl groups excluding tert-OH is 5. The highest BCUT2D eigenvalue weighted by Gasteiger charge is 2.51. The number of aliphatic hydroxyl groups is 5. The Bertz CT molecular complexity index is 1230. The minimum atomic E-state index is -5.12. The molecule has 0 aromatic rings. The van der Waals surface area contributed by atoms with Gasteiger partial charge in [0.2, 0.25) is 0 Å². The van der Waals surface area contributed by atoms with Crippen LogP contribution in [0.2, 0.25) is 0 Å². The van der Waals surface area contributed by atoms with Gasteiger partial charge in [-0.1, -0.05) is 132 Å². The molecule has 0 saturated heterocycles. The molecule has 0 bridgehead atoms. The maximum Gasteiger partial charge on any atom is 0.472 e. The number of allylic oxidation sites excluding steroid dienone is 10. The molecule has 0 aromatic heterocycles. The standard InChI is InChI=1S/C43H73O13P/c1-3-5-7-9-11-13-14-15-16-17-18-19-20-21-22-24-25-27-29-31-36(44)53-33-35(55-37(45)32-30-28-26-23-12-10-8-6-4-2)34-54-57(51,52)56-43-41(49)39(47)38(46)40(48)42(43)50/h5,7,11,13,15-16,18-19,21-22,35,38-43,46-50H,3-4,6,8-10,12,14,17,20,23-34H2,1-2H3,(H,51,52)/b7-5+,13-11+,16-15+,19-18+,22-21+/t35-,38?,39-,40?,41?,42?,43?/m0/s1. The number of ether oxygens (including phenoxy) is 2. The molecule has 0 aromatic carbocycles. The Balaban J connectivity index is 2.49. The highest BCUT2D eigenvalue weighted by Crippen LogP contribution is 2.47. The van der Waals surface area contributed by atoms with Gasteiger partial charge in [-0.3, -0.25) is 18.6 Å². The second-order valence-electron chi connectivity index (χ2n) is 14.5. The third-order valence-electron chi connectivity index (χ3n) is 9.37. The van der Waals surface area contributed by atoms with Crippen LogP contribution in [0.4, 0.5) is 0 Å². The van der Waals surface area contributed by atoms with Gasteiger partial charge in [0.1, 0.15) is 43.2 Å². The van der Waals surface area contributed by atoms with E-state index in [0.717, 1.165) is 77.0 Å². The van der Waals surface area contributed by atoms with E-state index in [0.29, 0.717) is 12.8 Å². The quantitative estimate of drug-likeness (QED) is 0.0165. The van der Waals surface area contributed by atoms with Crippen molar-refractivity contribution in [1.29, 1.82) is 0 Å². The number of esters is 2. The van der Waals surface area contributed by atoms with Crippen molar-refractivity contribution in [1.82, 2.24) is 0 Å². The zero-order valence-corrected chi connectivity index (χ0v) is 35.3. The van der Waals surface area contributed by atoms with Gasteiger partial charge in [-0.25, -0.2) is 4.57 Å². The van der Waals surface area contributed by atoms with Crippen LogP contribution in [0.5, 0.6) is 0 Å². The molecule has 0 radical (unpaired) electrons. The molecule has 1 fully saturated rings. The van der Waals surface area contributed by atoms with Crippen molar-refractivity contribution in [3.05, 3.63) is 60.8 Å². The summed E-state index contributed by atoms with van der Waals surface area (Å²) in [4.78, 5) is 35.5. The predicted molar refractivity (Wildman–Crippen MR) is 221 cm³/mol. The Hall–Kier alpha value is -2.45. The minimum Gasteiger partial charge on any atom is -0.462 e. The van der Waals surface area contributed by atoms with E-state index >= 15 is 0 Å². The van der Waals surface area contributed by atoms with Crippen LogP contribution >= 0.6 is 7.82 Å². The maximum absolute atomic E-state index is 12.8. The number of carbonyl (C=O) groups is 2. The fraction of sp³-hybridized carbons (Fsp3) is 0.721. The molecule has 14 heteroatoms. The van der Waals surface area contributed by atoms with Crippen LogP contribution in [0, 0.1) is 0 Å². The molecule has 0 amide bonds. The molecule has 328 valence electrons. The molecule has 1 rings (SSSR count). The summed E-state index contributed by atoms with van der Waals surface area (Å²) in [6.07, 6.45) is 25.9. The van der Waals surface area contributed by atoms with Crippen molar-refractivity contribution in [3.63, 3.8) is 0 Å². The summed E-state index contributed by atoms with van der Waals surface area (Å²) in [6.45, 7) is 3.10. The van der Waals surface area contributed by atoms with Crippen molar-refractivity contribution >= 4 is 19.8 Å². The van der Waals surface area contributed by atoms with Crippen molar-refractivity contribution in [3.8, 4) is 0 Å². The van der Waals surface area contributed by atoms with Gasteiger partial charge >= 0.3 is 19.8 Å². The van der Waals surface area contributed by atoms with E-state index in [1.165, 1.54) is 25.7 Å². The molecule has 1 saturated carbocycles. The van der Waals surface area contributed by atoms with Crippen LogP contribution in [0.25, 0.3) is 0 Å². The molecule has 6 N–H and O–H groups in total. The van der Waals surface area contributed by atoms with E-state index in [2.05, 4.69) is 74.6 Å². The van der Waals surface area contributed by atoms with Gasteiger partial charge in [-0.05, 0) is 57.8 Å². The topological polar surface area (TPSA) is 210 Å². The SMILES string of the molecule is CC/C=C/C/C=C/C/C=C/C/C=C/C/C=C/CCCCCC(=O)OC[C@@H](COP(=O)(O)OC1C(O)C(O)C(O)[C@H](O)C1O)OC(=O)CCCCCCCCCCC. The van der Waals surface area contributed by atoms with E-state index < -0.39 is 75.7 Å². The second-order valence-corrected chi connectivity index (χ2v) is 15.9. The van der Waals surface area contributed by atoms with Crippen LogP contribution in [0.1, 0.15) is 142 Å². The first-order valence-corrected chi connectivity index (χ1v) is 22.6. The number of rotatable bonds is 33. The highest BCUT2D eigenvalue weighted by molar-refractivity contribution is 7.47. The fourth-order valence-corrected chi connectivity index (χ4v) is 6.93. The largest absolute Gasteiger partial charge is 0.472 e. The predicted octanol–water partition coefficient (Wildman–Crippen LogP) is 7.38. The van der Waals surface area contributed by atoms with Gasteiger partial charge in [-0.15, -0.1) is 0 Å². The van der Waals surface area contributed by atoms with Crippen molar-refractivity contribution in [2.75, 3.05) is 13.2 Å². The molecule has 13 nitrogen and oxygen atoms in total. The average molecular weight is 829 g/mol. The van der Waals surface area contributed by atoms with E-state index in [1.54, 1.807) is 0 Å². The van der Waals surface area contributed by atoms with Crippen LogP contribution in [0.3, 0.4) is 0 Å². The van der Waals surface area contributed by atoms with Crippen LogP contribution in [-0.4, -0.2) is 98.3 Å².